The van der Waals surface area contributed by atoms with Gasteiger partial charge in [-0.2, -0.15) is 10.5 Å². The van der Waals surface area contributed by atoms with Gasteiger partial charge in [0.25, 0.3) is 0 Å². The number of para-hydroxylation sites is 4. The van der Waals surface area contributed by atoms with Crippen LogP contribution in [0.2, 0.25) is 0 Å². The lowest BCUT2D eigenvalue weighted by molar-refractivity contribution is 0.666. The van der Waals surface area contributed by atoms with Crippen molar-refractivity contribution in [3.8, 4) is 29.2 Å². The van der Waals surface area contributed by atoms with Gasteiger partial charge in [-0.3, -0.25) is 0 Å². The second-order valence-electron chi connectivity index (χ2n) is 14.4. The molecule has 0 bridgehead atoms. The Balaban J connectivity index is 1.21. The van der Waals surface area contributed by atoms with Gasteiger partial charge in [-0.1, -0.05) is 72.8 Å². The summed E-state index contributed by atoms with van der Waals surface area (Å²) >= 11 is 0. The lowest BCUT2D eigenvalue weighted by Crippen LogP contribution is -1.99. The van der Waals surface area contributed by atoms with E-state index in [1.54, 1.807) is 0 Å². The smallest absolute Gasteiger partial charge is 0.159 e. The average Bonchev–Trinajstić information content (AvgIpc) is 3.99. The SMILES string of the molecule is N#Cc1ccc2c(c1)c1cc(C#N)ccc1n2-c1ccc2oc3c(-n4c5ccccc5c5ccccc54)cc(-n4c5ccccc5c5ccccc54)cc3c2c1. The number of hydrogen-bond acceptors (Lipinski definition) is 3. The van der Waals surface area contributed by atoms with Crippen molar-refractivity contribution in [1.82, 2.24) is 13.7 Å². The van der Waals surface area contributed by atoms with E-state index in [1.807, 2.05) is 36.4 Å². The number of furan rings is 1. The van der Waals surface area contributed by atoms with Gasteiger partial charge in [-0.05, 0) is 91.0 Å². The van der Waals surface area contributed by atoms with E-state index < -0.39 is 0 Å². The van der Waals surface area contributed by atoms with Crippen LogP contribution in [0.15, 0.2) is 168 Å². The van der Waals surface area contributed by atoms with Crippen molar-refractivity contribution in [1.29, 1.82) is 10.5 Å². The molecule has 0 N–H and O–H groups in total. The van der Waals surface area contributed by atoms with Crippen LogP contribution in [0.25, 0.3) is 104 Å². The summed E-state index contributed by atoms with van der Waals surface area (Å²) in [5.74, 6) is 0. The standard InChI is InChI=1S/C50H27N5O/c51-28-30-17-20-46-38(23-30)39-24-31(29-52)18-21-47(39)53(46)32-19-22-49-40(25-32)41-26-33(54-42-13-5-1-9-34(42)35-10-2-6-14-43(35)54)27-48(50(41)56-49)55-44-15-7-3-11-36(44)37-12-4-8-16-45(37)55/h1-27H. The van der Waals surface area contributed by atoms with Gasteiger partial charge >= 0.3 is 0 Å². The maximum absolute atomic E-state index is 9.78. The lowest BCUT2D eigenvalue weighted by atomic mass is 10.1. The van der Waals surface area contributed by atoms with Crippen molar-refractivity contribution < 1.29 is 4.42 Å². The first-order valence-corrected chi connectivity index (χ1v) is 18.5. The Morgan fingerprint density at radius 3 is 1.32 bits per heavy atom. The first-order chi connectivity index (χ1) is 27.7. The predicted molar refractivity (Wildman–Crippen MR) is 226 cm³/mol. The highest BCUT2D eigenvalue weighted by Gasteiger charge is 2.22. The highest BCUT2D eigenvalue weighted by atomic mass is 16.3. The van der Waals surface area contributed by atoms with E-state index in [0.717, 1.165) is 82.9 Å². The summed E-state index contributed by atoms with van der Waals surface area (Å²) in [4.78, 5) is 0. The molecule has 8 aromatic carbocycles. The summed E-state index contributed by atoms with van der Waals surface area (Å²) in [5.41, 5.74) is 12.1. The summed E-state index contributed by atoms with van der Waals surface area (Å²) in [7, 11) is 0. The van der Waals surface area contributed by atoms with Crippen LogP contribution in [0.5, 0.6) is 0 Å². The predicted octanol–water partition coefficient (Wildman–Crippen LogP) is 12.6. The fourth-order valence-corrected chi connectivity index (χ4v) is 9.09. The molecule has 6 heteroatoms. The highest BCUT2D eigenvalue weighted by molar-refractivity contribution is 6.15. The van der Waals surface area contributed by atoms with Crippen LogP contribution in [0.3, 0.4) is 0 Å². The number of aromatic nitrogens is 3. The van der Waals surface area contributed by atoms with E-state index in [9.17, 15) is 10.5 Å². The molecule has 6 nitrogen and oxygen atoms in total. The summed E-state index contributed by atoms with van der Waals surface area (Å²) < 4.78 is 13.9. The fourth-order valence-electron chi connectivity index (χ4n) is 9.09. The molecule has 0 aliphatic heterocycles. The maximum atomic E-state index is 9.78. The molecule has 56 heavy (non-hydrogen) atoms. The van der Waals surface area contributed by atoms with E-state index >= 15 is 0 Å². The van der Waals surface area contributed by atoms with Crippen molar-refractivity contribution >= 4 is 87.4 Å². The topological polar surface area (TPSA) is 75.5 Å². The summed E-state index contributed by atoms with van der Waals surface area (Å²) in [6, 6.07) is 61.4. The number of fused-ring (bicyclic) bond motifs is 12. The molecular weight excluding hydrogens is 687 g/mol. The number of nitrogens with zero attached hydrogens (tertiary/aromatic N) is 5. The molecule has 12 aromatic rings. The van der Waals surface area contributed by atoms with Crippen molar-refractivity contribution in [3.63, 3.8) is 0 Å². The minimum atomic E-state index is 0.574. The summed E-state index contributed by atoms with van der Waals surface area (Å²) in [6.07, 6.45) is 0. The molecule has 4 aromatic heterocycles. The number of benzene rings is 8. The van der Waals surface area contributed by atoms with Gasteiger partial charge < -0.3 is 18.1 Å². The molecule has 258 valence electrons. The van der Waals surface area contributed by atoms with Gasteiger partial charge in [-0.25, -0.2) is 0 Å². The molecule has 0 amide bonds. The second-order valence-corrected chi connectivity index (χ2v) is 14.4. The molecule has 0 saturated heterocycles. The van der Waals surface area contributed by atoms with Gasteiger partial charge in [0, 0.05) is 54.5 Å². The van der Waals surface area contributed by atoms with E-state index in [2.05, 4.69) is 153 Å². The van der Waals surface area contributed by atoms with Gasteiger partial charge in [0.15, 0.2) is 5.58 Å². The van der Waals surface area contributed by atoms with Gasteiger partial charge in [0.05, 0.1) is 62.1 Å². The third kappa shape index (κ3) is 4.07. The Morgan fingerprint density at radius 2 is 0.804 bits per heavy atom. The van der Waals surface area contributed by atoms with Gasteiger partial charge in [-0.15, -0.1) is 0 Å². The third-order valence-electron chi connectivity index (χ3n) is 11.5. The molecule has 0 aliphatic carbocycles. The first-order valence-electron chi connectivity index (χ1n) is 18.5. The molecular formula is C50H27N5O. The van der Waals surface area contributed by atoms with Crippen LogP contribution >= 0.6 is 0 Å². The monoisotopic (exact) mass is 713 g/mol. The minimum absolute atomic E-state index is 0.574. The summed E-state index contributed by atoms with van der Waals surface area (Å²) in [5, 5.41) is 28.2. The molecule has 0 unspecified atom stereocenters. The van der Waals surface area contributed by atoms with E-state index in [-0.39, 0.29) is 0 Å². The van der Waals surface area contributed by atoms with Crippen molar-refractivity contribution in [2.24, 2.45) is 0 Å². The van der Waals surface area contributed by atoms with E-state index in [1.165, 1.54) is 21.5 Å². The third-order valence-corrected chi connectivity index (χ3v) is 11.5. The molecule has 0 spiro atoms. The van der Waals surface area contributed by atoms with Crippen LogP contribution in [-0.4, -0.2) is 13.7 Å². The van der Waals surface area contributed by atoms with Crippen LogP contribution in [0.4, 0.5) is 0 Å². The zero-order valence-corrected chi connectivity index (χ0v) is 29.7. The molecule has 4 heterocycles. The first kappa shape index (κ1) is 30.4. The molecule has 0 aliphatic rings. The molecule has 0 atom stereocenters. The zero-order chi connectivity index (χ0) is 37.1. The number of nitriles is 2. The maximum Gasteiger partial charge on any atom is 0.159 e. The summed E-state index contributed by atoms with van der Waals surface area (Å²) in [6.45, 7) is 0. The van der Waals surface area contributed by atoms with E-state index in [4.69, 9.17) is 4.42 Å². The van der Waals surface area contributed by atoms with Crippen molar-refractivity contribution in [2.45, 2.75) is 0 Å². The average molecular weight is 714 g/mol. The number of hydrogen-bond donors (Lipinski definition) is 0. The fraction of sp³-hybridized carbons (Fsp3) is 0. The Hall–Kier alpha value is -8.06. The van der Waals surface area contributed by atoms with Crippen LogP contribution in [0.1, 0.15) is 11.1 Å². The normalized spacial score (nSPS) is 11.9. The molecule has 0 saturated carbocycles. The van der Waals surface area contributed by atoms with Crippen molar-refractivity contribution in [2.75, 3.05) is 0 Å². The van der Waals surface area contributed by atoms with Crippen molar-refractivity contribution in [3.05, 3.63) is 175 Å². The van der Waals surface area contributed by atoms with Gasteiger partial charge in [0.1, 0.15) is 5.58 Å². The largest absolute Gasteiger partial charge is 0.454 e. The minimum Gasteiger partial charge on any atom is -0.454 e. The number of rotatable bonds is 3. The Bertz CT molecular complexity index is 3570. The second kappa shape index (κ2) is 11.2. The highest BCUT2D eigenvalue weighted by Crippen LogP contribution is 2.43. The molecule has 0 fully saturated rings. The zero-order valence-electron chi connectivity index (χ0n) is 29.7. The van der Waals surface area contributed by atoms with Gasteiger partial charge in [0.2, 0.25) is 0 Å². The van der Waals surface area contributed by atoms with Crippen LogP contribution in [0, 0.1) is 22.7 Å². The molecule has 12 rings (SSSR count). The Morgan fingerprint density at radius 1 is 0.357 bits per heavy atom. The Labute approximate surface area is 319 Å². The lowest BCUT2D eigenvalue weighted by Gasteiger charge is -2.14. The van der Waals surface area contributed by atoms with Crippen LogP contribution in [-0.2, 0) is 0 Å². The quantitative estimate of drug-likeness (QED) is 0.183. The van der Waals surface area contributed by atoms with Crippen LogP contribution < -0.4 is 0 Å². The molecule has 0 radical (unpaired) electrons. The van der Waals surface area contributed by atoms with E-state index in [0.29, 0.717) is 11.1 Å². The Kier molecular flexibility index (Phi) is 6.10.